The minimum absolute atomic E-state index is 0.466. The lowest BCUT2D eigenvalue weighted by atomic mass is 9.98. The van der Waals surface area contributed by atoms with E-state index in [-0.39, 0.29) is 0 Å². The molecular weight excluding hydrogens is 236 g/mol. The molecular formula is C17H20O2. The van der Waals surface area contributed by atoms with Crippen molar-refractivity contribution in [3.05, 3.63) is 64.7 Å². The second kappa shape index (κ2) is 5.89. The Bertz CT molecular complexity index is 523. The molecule has 0 aliphatic heterocycles. The lowest BCUT2D eigenvalue weighted by Gasteiger charge is -2.13. The zero-order valence-electron chi connectivity index (χ0n) is 11.7. The molecule has 2 aromatic rings. The third-order valence-corrected chi connectivity index (χ3v) is 3.22. The summed E-state index contributed by atoms with van der Waals surface area (Å²) in [5.74, 6) is 0.838. The summed E-state index contributed by atoms with van der Waals surface area (Å²) in [5.41, 5.74) is 4.45. The number of hydrogen-bond acceptors (Lipinski definition) is 2. The highest BCUT2D eigenvalue weighted by Gasteiger charge is 2.09. The number of aryl methyl sites for hydroxylation is 2. The fraction of sp³-hybridized carbons (Fsp3) is 0.294. The molecule has 0 fully saturated rings. The molecule has 2 heteroatoms. The van der Waals surface area contributed by atoms with Gasteiger partial charge in [0, 0.05) is 6.42 Å². The maximum absolute atomic E-state index is 10.3. The summed E-state index contributed by atoms with van der Waals surface area (Å²) in [6.45, 7) is 4.10. The molecule has 0 bridgehead atoms. The Morgan fingerprint density at radius 3 is 2.11 bits per heavy atom. The van der Waals surface area contributed by atoms with Crippen LogP contribution in [-0.4, -0.2) is 12.2 Å². The van der Waals surface area contributed by atoms with Crippen LogP contribution in [0, 0.1) is 13.8 Å². The van der Waals surface area contributed by atoms with Gasteiger partial charge in [0.05, 0.1) is 13.2 Å². The molecule has 2 aromatic carbocycles. The summed E-state index contributed by atoms with van der Waals surface area (Å²) in [4.78, 5) is 0. The van der Waals surface area contributed by atoms with Gasteiger partial charge in [-0.25, -0.2) is 0 Å². The summed E-state index contributed by atoms with van der Waals surface area (Å²) in [6, 6.07) is 14.0. The molecule has 1 unspecified atom stereocenters. The van der Waals surface area contributed by atoms with Crippen LogP contribution < -0.4 is 4.74 Å². The second-order valence-electron chi connectivity index (χ2n) is 4.99. The van der Waals surface area contributed by atoms with Crippen molar-refractivity contribution < 1.29 is 9.84 Å². The summed E-state index contributed by atoms with van der Waals surface area (Å²) in [7, 11) is 1.65. The maximum Gasteiger partial charge on any atom is 0.118 e. The van der Waals surface area contributed by atoms with Crippen LogP contribution in [0.25, 0.3) is 0 Å². The lowest BCUT2D eigenvalue weighted by Crippen LogP contribution is -2.02. The van der Waals surface area contributed by atoms with Gasteiger partial charge in [-0.05, 0) is 37.1 Å². The predicted octanol–water partition coefficient (Wildman–Crippen LogP) is 3.59. The quantitative estimate of drug-likeness (QED) is 0.906. The molecule has 0 spiro atoms. The molecule has 0 heterocycles. The van der Waals surface area contributed by atoms with Gasteiger partial charge in [-0.3, -0.25) is 0 Å². The largest absolute Gasteiger partial charge is 0.497 e. The molecule has 0 aromatic heterocycles. The minimum Gasteiger partial charge on any atom is -0.497 e. The van der Waals surface area contributed by atoms with Crippen molar-refractivity contribution in [3.8, 4) is 5.75 Å². The number of rotatable bonds is 4. The van der Waals surface area contributed by atoms with Crippen molar-refractivity contribution >= 4 is 0 Å². The van der Waals surface area contributed by atoms with Gasteiger partial charge in [0.25, 0.3) is 0 Å². The molecule has 0 saturated heterocycles. The third-order valence-electron chi connectivity index (χ3n) is 3.22. The lowest BCUT2D eigenvalue weighted by molar-refractivity contribution is 0.178. The number of ether oxygens (including phenoxy) is 1. The van der Waals surface area contributed by atoms with Crippen LogP contribution in [0.1, 0.15) is 28.4 Å². The Hall–Kier alpha value is -1.80. The molecule has 0 radical (unpaired) electrons. The van der Waals surface area contributed by atoms with Crippen molar-refractivity contribution in [1.82, 2.24) is 0 Å². The van der Waals surface area contributed by atoms with Crippen LogP contribution in [0.5, 0.6) is 5.75 Å². The topological polar surface area (TPSA) is 29.5 Å². The van der Waals surface area contributed by atoms with Crippen LogP contribution >= 0.6 is 0 Å². The average Bonchev–Trinajstić information content (AvgIpc) is 2.38. The zero-order chi connectivity index (χ0) is 13.8. The standard InChI is InChI=1S/C17H20O2/c1-12-8-13(2)10-15(9-12)17(18)11-14-4-6-16(19-3)7-5-14/h4-10,17-18H,11H2,1-3H3. The molecule has 0 aliphatic rings. The summed E-state index contributed by atoms with van der Waals surface area (Å²) in [6.07, 6.45) is 0.152. The van der Waals surface area contributed by atoms with Gasteiger partial charge in [0.15, 0.2) is 0 Å². The van der Waals surface area contributed by atoms with E-state index in [4.69, 9.17) is 4.74 Å². The summed E-state index contributed by atoms with van der Waals surface area (Å²) in [5, 5.41) is 10.3. The Labute approximate surface area is 114 Å². The van der Waals surface area contributed by atoms with E-state index in [9.17, 15) is 5.11 Å². The number of hydrogen-bond donors (Lipinski definition) is 1. The van der Waals surface area contributed by atoms with E-state index in [2.05, 4.69) is 19.9 Å². The molecule has 2 nitrogen and oxygen atoms in total. The van der Waals surface area contributed by atoms with Gasteiger partial charge >= 0.3 is 0 Å². The first-order chi connectivity index (χ1) is 9.08. The minimum atomic E-state index is -0.466. The van der Waals surface area contributed by atoms with Gasteiger partial charge in [-0.2, -0.15) is 0 Å². The molecule has 0 amide bonds. The summed E-state index contributed by atoms with van der Waals surface area (Å²) < 4.78 is 5.13. The van der Waals surface area contributed by atoms with E-state index in [0.717, 1.165) is 16.9 Å². The number of aliphatic hydroxyl groups is 1. The number of aliphatic hydroxyl groups excluding tert-OH is 1. The molecule has 1 N–H and O–H groups in total. The highest BCUT2D eigenvalue weighted by Crippen LogP contribution is 2.22. The molecule has 1 atom stereocenters. The summed E-state index contributed by atoms with van der Waals surface area (Å²) >= 11 is 0. The normalized spacial score (nSPS) is 12.2. The Kier molecular flexibility index (Phi) is 4.23. The van der Waals surface area contributed by atoms with E-state index in [1.54, 1.807) is 7.11 Å². The highest BCUT2D eigenvalue weighted by atomic mass is 16.5. The van der Waals surface area contributed by atoms with Crippen LogP contribution in [0.4, 0.5) is 0 Å². The smallest absolute Gasteiger partial charge is 0.118 e. The van der Waals surface area contributed by atoms with Gasteiger partial charge in [0.1, 0.15) is 5.75 Å². The van der Waals surface area contributed by atoms with E-state index in [1.165, 1.54) is 11.1 Å². The van der Waals surface area contributed by atoms with Crippen molar-refractivity contribution in [3.63, 3.8) is 0 Å². The van der Waals surface area contributed by atoms with Gasteiger partial charge in [0.2, 0.25) is 0 Å². The average molecular weight is 256 g/mol. The van der Waals surface area contributed by atoms with E-state index in [1.807, 2.05) is 36.4 Å². The van der Waals surface area contributed by atoms with E-state index < -0.39 is 6.10 Å². The zero-order valence-corrected chi connectivity index (χ0v) is 11.7. The van der Waals surface area contributed by atoms with Crippen LogP contribution in [0.2, 0.25) is 0 Å². The van der Waals surface area contributed by atoms with E-state index in [0.29, 0.717) is 6.42 Å². The Morgan fingerprint density at radius 1 is 1.00 bits per heavy atom. The first-order valence-electron chi connectivity index (χ1n) is 6.47. The number of methoxy groups -OCH3 is 1. The number of benzene rings is 2. The molecule has 0 aliphatic carbocycles. The van der Waals surface area contributed by atoms with Crippen molar-refractivity contribution in [1.29, 1.82) is 0 Å². The molecule has 2 rings (SSSR count). The second-order valence-corrected chi connectivity index (χ2v) is 4.99. The first kappa shape index (κ1) is 13.6. The molecule has 19 heavy (non-hydrogen) atoms. The monoisotopic (exact) mass is 256 g/mol. The van der Waals surface area contributed by atoms with Gasteiger partial charge < -0.3 is 9.84 Å². The Balaban J connectivity index is 2.13. The molecule has 100 valence electrons. The fourth-order valence-electron chi connectivity index (χ4n) is 2.31. The van der Waals surface area contributed by atoms with Gasteiger partial charge in [-0.1, -0.05) is 41.5 Å². The Morgan fingerprint density at radius 2 is 1.58 bits per heavy atom. The fourth-order valence-corrected chi connectivity index (χ4v) is 2.31. The third kappa shape index (κ3) is 3.58. The molecule has 0 saturated carbocycles. The van der Waals surface area contributed by atoms with Gasteiger partial charge in [-0.15, -0.1) is 0 Å². The van der Waals surface area contributed by atoms with Crippen LogP contribution in [-0.2, 0) is 6.42 Å². The van der Waals surface area contributed by atoms with Crippen molar-refractivity contribution in [2.24, 2.45) is 0 Å². The predicted molar refractivity (Wildman–Crippen MR) is 77.6 cm³/mol. The SMILES string of the molecule is COc1ccc(CC(O)c2cc(C)cc(C)c2)cc1. The first-order valence-corrected chi connectivity index (χ1v) is 6.47. The maximum atomic E-state index is 10.3. The van der Waals surface area contributed by atoms with Crippen molar-refractivity contribution in [2.45, 2.75) is 26.4 Å². The van der Waals surface area contributed by atoms with Crippen molar-refractivity contribution in [2.75, 3.05) is 7.11 Å². The van der Waals surface area contributed by atoms with Crippen LogP contribution in [0.15, 0.2) is 42.5 Å². The van der Waals surface area contributed by atoms with Crippen LogP contribution in [0.3, 0.4) is 0 Å². The van der Waals surface area contributed by atoms with E-state index >= 15 is 0 Å². The highest BCUT2D eigenvalue weighted by molar-refractivity contribution is 5.32.